The van der Waals surface area contributed by atoms with Crippen LogP contribution in [0.15, 0.2) is 42.6 Å². The fourth-order valence-electron chi connectivity index (χ4n) is 3.65. The Morgan fingerprint density at radius 2 is 1.91 bits per heavy atom. The summed E-state index contributed by atoms with van der Waals surface area (Å²) in [6.45, 7) is 8.47. The SMILES string of the molecule is CN(CCCc1c2c(B(O)O)ccnc2nn1COCC[Si](C)(C)C)C(=O)OCc1ccccc1. The molecule has 0 bridgehead atoms. The average molecular weight is 498 g/mol. The van der Waals surface area contributed by atoms with Gasteiger partial charge in [-0.3, -0.25) is 0 Å². The molecule has 1 amide bonds. The van der Waals surface area contributed by atoms with E-state index in [2.05, 4.69) is 29.7 Å². The van der Waals surface area contributed by atoms with Crippen LogP contribution in [0.2, 0.25) is 25.7 Å². The Bertz CT molecular complexity index is 1100. The van der Waals surface area contributed by atoms with Gasteiger partial charge < -0.3 is 24.4 Å². The van der Waals surface area contributed by atoms with E-state index in [4.69, 9.17) is 9.47 Å². The first kappa shape index (κ1) is 26.9. The molecule has 0 spiro atoms. The van der Waals surface area contributed by atoms with Crippen molar-refractivity contribution in [2.24, 2.45) is 0 Å². The molecule has 0 fully saturated rings. The predicted molar refractivity (Wildman–Crippen MR) is 139 cm³/mol. The number of aromatic nitrogens is 3. The van der Waals surface area contributed by atoms with Gasteiger partial charge >= 0.3 is 13.2 Å². The molecule has 11 heteroatoms. The van der Waals surface area contributed by atoms with Crippen LogP contribution in [-0.2, 0) is 29.2 Å². The lowest BCUT2D eigenvalue weighted by Crippen LogP contribution is -2.31. The second-order valence-corrected chi connectivity index (χ2v) is 15.5. The van der Waals surface area contributed by atoms with E-state index >= 15 is 0 Å². The molecule has 0 atom stereocenters. The summed E-state index contributed by atoms with van der Waals surface area (Å²) in [6.07, 6.45) is 2.30. The Labute approximate surface area is 207 Å². The molecule has 3 rings (SSSR count). The van der Waals surface area contributed by atoms with Crippen molar-refractivity contribution in [3.05, 3.63) is 53.9 Å². The summed E-state index contributed by atoms with van der Waals surface area (Å²) >= 11 is 0. The van der Waals surface area contributed by atoms with Crippen molar-refractivity contribution in [3.8, 4) is 0 Å². The Hall–Kier alpha value is -2.73. The zero-order chi connectivity index (χ0) is 25.4. The van der Waals surface area contributed by atoms with Gasteiger partial charge in [-0.2, -0.15) is 0 Å². The smallest absolute Gasteiger partial charge is 0.445 e. The highest BCUT2D eigenvalue weighted by Crippen LogP contribution is 2.18. The van der Waals surface area contributed by atoms with Crippen molar-refractivity contribution in [2.75, 3.05) is 20.2 Å². The first-order valence-electron chi connectivity index (χ1n) is 11.9. The van der Waals surface area contributed by atoms with Gasteiger partial charge in [0.15, 0.2) is 5.65 Å². The van der Waals surface area contributed by atoms with E-state index < -0.39 is 21.3 Å². The fraction of sp³-hybridized carbons (Fsp3) is 0.458. The van der Waals surface area contributed by atoms with Gasteiger partial charge in [-0.15, -0.1) is 5.10 Å². The average Bonchev–Trinajstić information content (AvgIpc) is 3.17. The highest BCUT2D eigenvalue weighted by molar-refractivity contribution is 6.76. The van der Waals surface area contributed by atoms with E-state index in [1.54, 1.807) is 17.8 Å². The molecule has 0 aliphatic rings. The molecule has 35 heavy (non-hydrogen) atoms. The van der Waals surface area contributed by atoms with Crippen LogP contribution in [0.1, 0.15) is 17.7 Å². The summed E-state index contributed by atoms with van der Waals surface area (Å²) in [6, 6.07) is 12.2. The third-order valence-electron chi connectivity index (χ3n) is 5.69. The normalized spacial score (nSPS) is 11.6. The quantitative estimate of drug-likeness (QED) is 0.292. The van der Waals surface area contributed by atoms with Gasteiger partial charge in [0.2, 0.25) is 0 Å². The maximum atomic E-state index is 12.4. The Morgan fingerprint density at radius 3 is 2.60 bits per heavy atom. The van der Waals surface area contributed by atoms with Crippen molar-refractivity contribution in [1.82, 2.24) is 19.7 Å². The minimum absolute atomic E-state index is 0.222. The molecule has 188 valence electrons. The monoisotopic (exact) mass is 498 g/mol. The maximum absolute atomic E-state index is 12.4. The summed E-state index contributed by atoms with van der Waals surface area (Å²) in [7, 11) is -1.16. The first-order valence-corrected chi connectivity index (χ1v) is 15.6. The highest BCUT2D eigenvalue weighted by Gasteiger charge is 2.22. The third-order valence-corrected chi connectivity index (χ3v) is 7.39. The van der Waals surface area contributed by atoms with Crippen LogP contribution in [0.25, 0.3) is 11.0 Å². The van der Waals surface area contributed by atoms with Crippen LogP contribution < -0.4 is 5.46 Å². The Kier molecular flexibility index (Phi) is 9.44. The van der Waals surface area contributed by atoms with Gasteiger partial charge in [0, 0.05) is 39.9 Å². The van der Waals surface area contributed by atoms with Gasteiger partial charge in [0.1, 0.15) is 13.3 Å². The van der Waals surface area contributed by atoms with Crippen molar-refractivity contribution in [2.45, 2.75) is 51.9 Å². The lowest BCUT2D eigenvalue weighted by atomic mass is 9.78. The summed E-state index contributed by atoms with van der Waals surface area (Å²) in [5.41, 5.74) is 2.53. The molecule has 0 radical (unpaired) electrons. The number of carbonyl (C=O) groups is 1. The molecule has 0 aliphatic carbocycles. The molecule has 0 aliphatic heterocycles. The zero-order valence-corrected chi connectivity index (χ0v) is 22.0. The standard InChI is InChI=1S/C24H35BN4O5Si/c1-28(24(30)34-17-19-9-6-5-7-10-19)14-8-11-21-22-20(25(31)32)12-13-26-23(22)27-29(21)18-33-15-16-35(2,3)4/h5-7,9-10,12-13,31-32H,8,11,14-18H2,1-4H3. The minimum Gasteiger partial charge on any atom is -0.445 e. The van der Waals surface area contributed by atoms with Gasteiger partial charge in [-0.1, -0.05) is 50.0 Å². The number of pyridine rings is 1. The number of amides is 1. The van der Waals surface area contributed by atoms with E-state index in [1.165, 1.54) is 11.1 Å². The fourth-order valence-corrected chi connectivity index (χ4v) is 4.41. The number of nitrogens with zero attached hydrogens (tertiary/aromatic N) is 4. The second-order valence-electron chi connectivity index (χ2n) is 9.83. The highest BCUT2D eigenvalue weighted by atomic mass is 28.3. The largest absolute Gasteiger partial charge is 0.489 e. The molecule has 2 heterocycles. The lowest BCUT2D eigenvalue weighted by molar-refractivity contribution is 0.0767. The van der Waals surface area contributed by atoms with Gasteiger partial charge in [0.05, 0.1) is 5.69 Å². The molecule has 0 saturated heterocycles. The number of hydrogen-bond acceptors (Lipinski definition) is 7. The van der Waals surface area contributed by atoms with Crippen LogP contribution >= 0.6 is 0 Å². The molecule has 1 aromatic carbocycles. The molecule has 0 unspecified atom stereocenters. The van der Waals surface area contributed by atoms with Gasteiger partial charge in [0.25, 0.3) is 0 Å². The van der Waals surface area contributed by atoms with E-state index in [1.807, 2.05) is 30.3 Å². The predicted octanol–water partition coefficient (Wildman–Crippen LogP) is 2.62. The molecule has 0 saturated carbocycles. The summed E-state index contributed by atoms with van der Waals surface area (Å²) in [4.78, 5) is 18.2. The molecular formula is C24H35BN4O5Si. The Morgan fingerprint density at radius 1 is 1.17 bits per heavy atom. The first-order chi connectivity index (χ1) is 16.7. The summed E-state index contributed by atoms with van der Waals surface area (Å²) < 4.78 is 13.0. The number of carbonyl (C=O) groups excluding carboxylic acids is 1. The number of fused-ring (bicyclic) bond motifs is 1. The molecule has 2 N–H and O–H groups in total. The van der Waals surface area contributed by atoms with E-state index in [0.717, 1.165) is 17.3 Å². The van der Waals surface area contributed by atoms with Crippen molar-refractivity contribution in [1.29, 1.82) is 0 Å². The van der Waals surface area contributed by atoms with Crippen LogP contribution in [0.4, 0.5) is 4.79 Å². The van der Waals surface area contributed by atoms with Gasteiger partial charge in [-0.05, 0) is 36.0 Å². The van der Waals surface area contributed by atoms with Crippen molar-refractivity contribution < 1.29 is 24.3 Å². The van der Waals surface area contributed by atoms with Crippen LogP contribution in [-0.4, -0.2) is 71.2 Å². The van der Waals surface area contributed by atoms with Crippen LogP contribution in [0, 0.1) is 0 Å². The minimum atomic E-state index is -1.64. The number of aryl methyl sites for hydroxylation is 1. The number of rotatable bonds is 12. The lowest BCUT2D eigenvalue weighted by Gasteiger charge is -2.18. The molecule has 2 aromatic heterocycles. The summed E-state index contributed by atoms with van der Waals surface area (Å²) in [5.74, 6) is 0. The zero-order valence-electron chi connectivity index (χ0n) is 21.0. The molecular weight excluding hydrogens is 463 g/mol. The Balaban J connectivity index is 1.65. The topological polar surface area (TPSA) is 110 Å². The summed E-state index contributed by atoms with van der Waals surface area (Å²) in [5, 5.41) is 25.0. The third kappa shape index (κ3) is 7.89. The van der Waals surface area contributed by atoms with Gasteiger partial charge in [-0.25, -0.2) is 14.5 Å². The number of hydrogen-bond donors (Lipinski definition) is 2. The number of ether oxygens (including phenoxy) is 2. The van der Waals surface area contributed by atoms with E-state index in [-0.39, 0.29) is 13.3 Å². The van der Waals surface area contributed by atoms with Crippen LogP contribution in [0.3, 0.4) is 0 Å². The van der Waals surface area contributed by atoms with Crippen LogP contribution in [0.5, 0.6) is 0 Å². The molecule has 3 aromatic rings. The maximum Gasteiger partial charge on any atom is 0.489 e. The number of benzene rings is 1. The second kappa shape index (κ2) is 12.3. The van der Waals surface area contributed by atoms with Crippen molar-refractivity contribution >= 4 is 37.8 Å². The van der Waals surface area contributed by atoms with Crippen molar-refractivity contribution in [3.63, 3.8) is 0 Å². The van der Waals surface area contributed by atoms with E-state index in [0.29, 0.717) is 42.5 Å². The molecule has 9 nitrogen and oxygen atoms in total. The van der Waals surface area contributed by atoms with E-state index in [9.17, 15) is 14.8 Å².